The summed E-state index contributed by atoms with van der Waals surface area (Å²) in [6.45, 7) is 1.10. The maximum Gasteiger partial charge on any atom is 0.573 e. The van der Waals surface area contributed by atoms with Crippen molar-refractivity contribution in [3.8, 4) is 17.2 Å². The van der Waals surface area contributed by atoms with Crippen LogP contribution in [0.2, 0.25) is 5.02 Å². The van der Waals surface area contributed by atoms with Crippen molar-refractivity contribution in [2.24, 2.45) is 10.7 Å². The Morgan fingerprint density at radius 2 is 1.86 bits per heavy atom. The number of hydrogen-bond acceptors (Lipinski definition) is 4. The van der Waals surface area contributed by atoms with Crippen LogP contribution in [0.1, 0.15) is 5.56 Å². The molecule has 1 aliphatic heterocycles. The number of benzene rings is 2. The normalized spacial score (nSPS) is 13.5. The lowest BCUT2D eigenvalue weighted by Crippen LogP contribution is -2.22. The highest BCUT2D eigenvalue weighted by atomic mass is 127. The van der Waals surface area contributed by atoms with Crippen molar-refractivity contribution in [1.29, 1.82) is 0 Å². The highest BCUT2D eigenvalue weighted by Gasteiger charge is 2.30. The molecule has 1 heterocycles. The van der Waals surface area contributed by atoms with E-state index in [9.17, 15) is 13.2 Å². The number of nitrogens with zero attached hydrogens (tertiary/aromatic N) is 1. The van der Waals surface area contributed by atoms with Gasteiger partial charge in [-0.2, -0.15) is 0 Å². The van der Waals surface area contributed by atoms with Gasteiger partial charge in [-0.25, -0.2) is 4.99 Å². The molecule has 0 radical (unpaired) electrons. The minimum absolute atomic E-state index is 0. The van der Waals surface area contributed by atoms with Gasteiger partial charge in [0.15, 0.2) is 17.5 Å². The zero-order valence-electron chi connectivity index (χ0n) is 14.3. The summed E-state index contributed by atoms with van der Waals surface area (Å²) in [6, 6.07) is 8.59. The van der Waals surface area contributed by atoms with Gasteiger partial charge in [0.25, 0.3) is 0 Å². The van der Waals surface area contributed by atoms with Crippen LogP contribution in [0, 0.1) is 0 Å². The third-order valence-corrected chi connectivity index (χ3v) is 3.73. The average Bonchev–Trinajstić information content (AvgIpc) is 2.60. The Balaban J connectivity index is 0.00000280. The fourth-order valence-electron chi connectivity index (χ4n) is 2.36. The number of aliphatic imine (C=N–C) groups is 1. The predicted octanol–water partition coefficient (Wildman–Crippen LogP) is 4.55. The Labute approximate surface area is 180 Å². The second-order valence-corrected chi connectivity index (χ2v) is 5.91. The van der Waals surface area contributed by atoms with Gasteiger partial charge in [-0.3, -0.25) is 0 Å². The molecule has 2 aromatic rings. The average molecular weight is 530 g/mol. The molecule has 152 valence electrons. The van der Waals surface area contributed by atoms with Crippen molar-refractivity contribution in [3.63, 3.8) is 0 Å². The molecule has 0 saturated heterocycles. The summed E-state index contributed by atoms with van der Waals surface area (Å²) in [5.41, 5.74) is 7.04. The molecular formula is C17H16ClF3IN3O3. The van der Waals surface area contributed by atoms with E-state index in [0.29, 0.717) is 35.4 Å². The summed E-state index contributed by atoms with van der Waals surface area (Å²) in [7, 11) is 0. The molecular weight excluding hydrogens is 514 g/mol. The smallest absolute Gasteiger partial charge is 0.486 e. The highest BCUT2D eigenvalue weighted by Crippen LogP contribution is 2.38. The number of anilines is 1. The summed E-state index contributed by atoms with van der Waals surface area (Å²) < 4.78 is 51.2. The van der Waals surface area contributed by atoms with Crippen LogP contribution in [0.4, 0.5) is 18.9 Å². The summed E-state index contributed by atoms with van der Waals surface area (Å²) in [5, 5.41) is 3.20. The van der Waals surface area contributed by atoms with E-state index < -0.39 is 6.36 Å². The van der Waals surface area contributed by atoms with Gasteiger partial charge in [0.1, 0.15) is 19.0 Å². The lowest BCUT2D eigenvalue weighted by atomic mass is 10.2. The van der Waals surface area contributed by atoms with E-state index in [1.807, 2.05) is 0 Å². The molecule has 0 bridgehead atoms. The summed E-state index contributed by atoms with van der Waals surface area (Å²) in [4.78, 5) is 4.18. The number of hydrogen-bond donors (Lipinski definition) is 2. The van der Waals surface area contributed by atoms with Gasteiger partial charge in [0.2, 0.25) is 0 Å². The van der Waals surface area contributed by atoms with Crippen LogP contribution in [0.15, 0.2) is 41.4 Å². The first-order chi connectivity index (χ1) is 12.8. The van der Waals surface area contributed by atoms with E-state index in [4.69, 9.17) is 26.8 Å². The molecule has 28 heavy (non-hydrogen) atoms. The molecule has 0 unspecified atom stereocenters. The number of nitrogens with one attached hydrogen (secondary N) is 1. The van der Waals surface area contributed by atoms with Crippen molar-refractivity contribution in [1.82, 2.24) is 0 Å². The van der Waals surface area contributed by atoms with Crippen LogP contribution in [0.5, 0.6) is 17.2 Å². The third kappa shape index (κ3) is 6.23. The monoisotopic (exact) mass is 529 g/mol. The summed E-state index contributed by atoms with van der Waals surface area (Å²) in [6.07, 6.45) is -4.74. The molecule has 0 aromatic heterocycles. The van der Waals surface area contributed by atoms with Crippen LogP contribution in [-0.2, 0) is 6.54 Å². The molecule has 3 N–H and O–H groups in total. The predicted molar refractivity (Wildman–Crippen MR) is 110 cm³/mol. The number of alkyl halides is 3. The molecule has 2 aromatic carbocycles. The van der Waals surface area contributed by atoms with Crippen LogP contribution in [0.25, 0.3) is 0 Å². The van der Waals surface area contributed by atoms with Crippen molar-refractivity contribution < 1.29 is 27.4 Å². The highest BCUT2D eigenvalue weighted by molar-refractivity contribution is 14.0. The Kier molecular flexibility index (Phi) is 7.47. The zero-order valence-corrected chi connectivity index (χ0v) is 17.3. The minimum atomic E-state index is -4.74. The van der Waals surface area contributed by atoms with Crippen LogP contribution >= 0.6 is 35.6 Å². The quantitative estimate of drug-likeness (QED) is 0.345. The van der Waals surface area contributed by atoms with E-state index in [-0.39, 0.29) is 42.2 Å². The molecule has 0 aliphatic carbocycles. The van der Waals surface area contributed by atoms with Gasteiger partial charge in [-0.15, -0.1) is 37.1 Å². The minimum Gasteiger partial charge on any atom is -0.486 e. The Morgan fingerprint density at radius 1 is 1.18 bits per heavy atom. The first-order valence-corrected chi connectivity index (χ1v) is 8.19. The largest absolute Gasteiger partial charge is 0.573 e. The van der Waals surface area contributed by atoms with Crippen LogP contribution in [-0.4, -0.2) is 25.5 Å². The van der Waals surface area contributed by atoms with Gasteiger partial charge in [-0.05, 0) is 42.0 Å². The lowest BCUT2D eigenvalue weighted by molar-refractivity contribution is -0.274. The molecule has 0 saturated carbocycles. The van der Waals surface area contributed by atoms with E-state index in [1.165, 1.54) is 24.3 Å². The second-order valence-electron chi connectivity index (χ2n) is 5.50. The molecule has 0 amide bonds. The number of fused-ring (bicyclic) bond motifs is 1. The second kappa shape index (κ2) is 9.41. The van der Waals surface area contributed by atoms with E-state index in [1.54, 1.807) is 12.1 Å². The number of ether oxygens (including phenoxy) is 3. The van der Waals surface area contributed by atoms with Gasteiger partial charge < -0.3 is 25.3 Å². The fourth-order valence-corrected chi connectivity index (χ4v) is 2.65. The molecule has 1 aliphatic rings. The number of guanidine groups is 1. The van der Waals surface area contributed by atoms with E-state index >= 15 is 0 Å². The van der Waals surface area contributed by atoms with Gasteiger partial charge >= 0.3 is 6.36 Å². The van der Waals surface area contributed by atoms with Crippen LogP contribution in [0.3, 0.4) is 0 Å². The summed E-state index contributed by atoms with van der Waals surface area (Å²) >= 11 is 6.16. The molecule has 0 atom stereocenters. The Bertz CT molecular complexity index is 848. The topological polar surface area (TPSA) is 78.1 Å². The number of halogens is 5. The SMILES string of the molecule is I.NC(=NCc1cc(Cl)c2c(c1)OCCO2)Nc1ccc(OC(F)(F)F)cc1. The van der Waals surface area contributed by atoms with Gasteiger partial charge in [-0.1, -0.05) is 11.6 Å². The van der Waals surface area contributed by atoms with E-state index in [0.717, 1.165) is 5.56 Å². The van der Waals surface area contributed by atoms with Gasteiger partial charge in [0.05, 0.1) is 11.6 Å². The van der Waals surface area contributed by atoms with Crippen molar-refractivity contribution in [2.75, 3.05) is 18.5 Å². The maximum atomic E-state index is 12.1. The Hall–Kier alpha value is -2.08. The fraction of sp³-hybridized carbons (Fsp3) is 0.235. The molecule has 0 spiro atoms. The van der Waals surface area contributed by atoms with Crippen molar-refractivity contribution in [3.05, 3.63) is 47.0 Å². The molecule has 11 heteroatoms. The maximum absolute atomic E-state index is 12.1. The number of rotatable bonds is 4. The first kappa shape index (κ1) is 22.2. The molecule has 6 nitrogen and oxygen atoms in total. The first-order valence-electron chi connectivity index (χ1n) is 7.81. The van der Waals surface area contributed by atoms with Crippen LogP contribution < -0.4 is 25.3 Å². The number of nitrogens with two attached hydrogens (primary N) is 1. The molecule has 3 rings (SSSR count). The lowest BCUT2D eigenvalue weighted by Gasteiger charge is -2.20. The van der Waals surface area contributed by atoms with Crippen molar-refractivity contribution in [2.45, 2.75) is 12.9 Å². The third-order valence-electron chi connectivity index (χ3n) is 3.45. The zero-order chi connectivity index (χ0) is 19.4. The molecule has 0 fully saturated rings. The standard InChI is InChI=1S/C17H15ClF3N3O3.HI/c18-13-7-10(8-14-15(13)26-6-5-25-14)9-23-16(22)24-11-1-3-12(4-2-11)27-17(19,20)21;/h1-4,7-8H,5-6,9H2,(H3,22,23,24);1H. The van der Waals surface area contributed by atoms with Gasteiger partial charge in [0, 0.05) is 5.69 Å². The summed E-state index contributed by atoms with van der Waals surface area (Å²) in [5.74, 6) is 0.814. The van der Waals surface area contributed by atoms with Crippen molar-refractivity contribution >= 4 is 47.2 Å². The van der Waals surface area contributed by atoms with E-state index in [2.05, 4.69) is 15.0 Å². The Morgan fingerprint density at radius 3 is 2.54 bits per heavy atom.